The molecule has 0 saturated carbocycles. The fourth-order valence-corrected chi connectivity index (χ4v) is 2.36. The van der Waals surface area contributed by atoms with Gasteiger partial charge in [-0.1, -0.05) is 0 Å². The van der Waals surface area contributed by atoms with Crippen molar-refractivity contribution in [1.29, 1.82) is 0 Å². The summed E-state index contributed by atoms with van der Waals surface area (Å²) in [5.41, 5.74) is 0.731. The Morgan fingerprint density at radius 3 is 2.89 bits per heavy atom. The van der Waals surface area contributed by atoms with Crippen LogP contribution in [0.25, 0.3) is 5.65 Å². The molecule has 0 aliphatic carbocycles. The molecule has 0 spiro atoms. The molecule has 0 saturated heterocycles. The van der Waals surface area contributed by atoms with Crippen molar-refractivity contribution in [2.75, 3.05) is 18.2 Å². The van der Waals surface area contributed by atoms with Gasteiger partial charge < -0.3 is 10.4 Å². The molecule has 0 fully saturated rings. The number of nitrogens with zero attached hydrogens (tertiary/aromatic N) is 4. The number of anilines is 1. The van der Waals surface area contributed by atoms with Crippen LogP contribution in [0.2, 0.25) is 0 Å². The minimum atomic E-state index is 0.131. The quantitative estimate of drug-likeness (QED) is 0.840. The van der Waals surface area contributed by atoms with Gasteiger partial charge >= 0.3 is 0 Å². The summed E-state index contributed by atoms with van der Waals surface area (Å²) < 4.78 is 1.70. The van der Waals surface area contributed by atoms with Crippen molar-refractivity contribution in [3.8, 4) is 0 Å². The summed E-state index contributed by atoms with van der Waals surface area (Å²) in [5.74, 6) is 1.51. The first kappa shape index (κ1) is 13.1. The molecule has 0 aliphatic heterocycles. The van der Waals surface area contributed by atoms with Crippen LogP contribution in [0, 0.1) is 6.92 Å². The summed E-state index contributed by atoms with van der Waals surface area (Å²) in [6, 6.07) is 3.87. The second-order valence-electron chi connectivity index (χ2n) is 4.13. The van der Waals surface area contributed by atoms with E-state index in [1.165, 1.54) is 0 Å². The topological polar surface area (TPSA) is 75.3 Å². The van der Waals surface area contributed by atoms with Crippen LogP contribution in [0.4, 0.5) is 5.82 Å². The number of aromatic nitrogens is 4. The number of hydrogen-bond donors (Lipinski definition) is 2. The molecular formula is C11H17N5OS. The van der Waals surface area contributed by atoms with Crippen molar-refractivity contribution in [2.45, 2.75) is 25.1 Å². The Morgan fingerprint density at radius 2 is 2.22 bits per heavy atom. The zero-order valence-electron chi connectivity index (χ0n) is 10.7. The predicted molar refractivity (Wildman–Crippen MR) is 73.0 cm³/mol. The Kier molecular flexibility index (Phi) is 4.03. The standard InChI is InChI=1S/C11H17N5OS/c1-7(9(6-17)18-3)12-10-4-5-11-14-13-8(2)16(11)15-10/h4-5,7,9,17H,6H2,1-3H3,(H,12,15)/t7-,9+/m1/s1. The minimum Gasteiger partial charge on any atom is -0.395 e. The van der Waals surface area contributed by atoms with E-state index in [1.54, 1.807) is 16.3 Å². The first-order valence-corrected chi connectivity index (χ1v) is 7.03. The summed E-state index contributed by atoms with van der Waals surface area (Å²) in [6.07, 6.45) is 1.99. The Hall–Kier alpha value is -1.34. The van der Waals surface area contributed by atoms with Gasteiger partial charge in [-0.05, 0) is 32.2 Å². The molecule has 0 bridgehead atoms. The van der Waals surface area contributed by atoms with Crippen molar-refractivity contribution in [3.05, 3.63) is 18.0 Å². The van der Waals surface area contributed by atoms with Crippen LogP contribution >= 0.6 is 11.8 Å². The number of thioether (sulfide) groups is 1. The van der Waals surface area contributed by atoms with Gasteiger partial charge in [-0.3, -0.25) is 0 Å². The van der Waals surface area contributed by atoms with Crippen LogP contribution in [0.15, 0.2) is 12.1 Å². The summed E-state index contributed by atoms with van der Waals surface area (Å²) in [4.78, 5) is 0. The van der Waals surface area contributed by atoms with E-state index in [9.17, 15) is 5.11 Å². The number of rotatable bonds is 5. The lowest BCUT2D eigenvalue weighted by Crippen LogP contribution is -2.31. The SMILES string of the molecule is CS[C@@H](CO)[C@@H](C)Nc1ccc2nnc(C)n2n1. The van der Waals surface area contributed by atoms with Crippen LogP contribution < -0.4 is 5.32 Å². The van der Waals surface area contributed by atoms with Crippen LogP contribution in [0.1, 0.15) is 12.7 Å². The lowest BCUT2D eigenvalue weighted by Gasteiger charge is -2.21. The van der Waals surface area contributed by atoms with Gasteiger partial charge in [0.15, 0.2) is 11.5 Å². The minimum absolute atomic E-state index is 0.131. The fourth-order valence-electron chi connectivity index (χ4n) is 1.74. The number of aryl methyl sites for hydroxylation is 1. The van der Waals surface area contributed by atoms with Crippen LogP contribution in [0.3, 0.4) is 0 Å². The molecule has 2 aromatic rings. The van der Waals surface area contributed by atoms with Gasteiger partial charge in [0.2, 0.25) is 0 Å². The van der Waals surface area contributed by atoms with E-state index in [2.05, 4.69) is 20.6 Å². The van der Waals surface area contributed by atoms with Gasteiger partial charge in [-0.2, -0.15) is 16.3 Å². The van der Waals surface area contributed by atoms with Crippen molar-refractivity contribution in [2.24, 2.45) is 0 Å². The highest BCUT2D eigenvalue weighted by Crippen LogP contribution is 2.15. The fraction of sp³-hybridized carbons (Fsp3) is 0.545. The molecule has 2 aromatic heterocycles. The maximum Gasteiger partial charge on any atom is 0.178 e. The van der Waals surface area contributed by atoms with Gasteiger partial charge in [-0.15, -0.1) is 15.3 Å². The molecule has 0 aliphatic rings. The van der Waals surface area contributed by atoms with Crippen LogP contribution in [-0.2, 0) is 0 Å². The molecule has 0 amide bonds. The average molecular weight is 267 g/mol. The summed E-state index contributed by atoms with van der Waals surface area (Å²) in [5, 5.41) is 25.0. The molecule has 98 valence electrons. The first-order valence-electron chi connectivity index (χ1n) is 5.75. The maximum absolute atomic E-state index is 9.25. The Bertz CT molecular complexity index is 525. The molecule has 6 nitrogen and oxygen atoms in total. The van der Waals surface area contributed by atoms with E-state index in [0.29, 0.717) is 0 Å². The number of nitrogens with one attached hydrogen (secondary N) is 1. The third kappa shape index (κ3) is 2.56. The molecule has 2 N–H and O–H groups in total. The smallest absolute Gasteiger partial charge is 0.178 e. The molecule has 0 aromatic carbocycles. The molecule has 2 rings (SSSR count). The summed E-state index contributed by atoms with van der Waals surface area (Å²) in [7, 11) is 0. The maximum atomic E-state index is 9.25. The second-order valence-corrected chi connectivity index (χ2v) is 5.20. The predicted octanol–water partition coefficient (Wildman–Crippen LogP) is 0.957. The zero-order chi connectivity index (χ0) is 13.1. The highest BCUT2D eigenvalue weighted by atomic mass is 32.2. The van der Waals surface area contributed by atoms with E-state index < -0.39 is 0 Å². The van der Waals surface area contributed by atoms with Gasteiger partial charge in [0.1, 0.15) is 5.82 Å². The number of fused-ring (bicyclic) bond motifs is 1. The molecule has 18 heavy (non-hydrogen) atoms. The van der Waals surface area contributed by atoms with Crippen molar-refractivity contribution < 1.29 is 5.11 Å². The highest BCUT2D eigenvalue weighted by molar-refractivity contribution is 7.99. The van der Waals surface area contributed by atoms with Crippen LogP contribution in [0.5, 0.6) is 0 Å². The lowest BCUT2D eigenvalue weighted by atomic mass is 10.2. The first-order chi connectivity index (χ1) is 8.65. The summed E-state index contributed by atoms with van der Waals surface area (Å²) >= 11 is 1.63. The Balaban J connectivity index is 2.18. The number of aliphatic hydroxyl groups excluding tert-OH is 1. The van der Waals surface area contributed by atoms with E-state index in [-0.39, 0.29) is 17.9 Å². The molecular weight excluding hydrogens is 250 g/mol. The lowest BCUT2D eigenvalue weighted by molar-refractivity contribution is 0.288. The Morgan fingerprint density at radius 1 is 1.44 bits per heavy atom. The highest BCUT2D eigenvalue weighted by Gasteiger charge is 2.15. The van der Waals surface area contributed by atoms with E-state index >= 15 is 0 Å². The molecule has 2 atom stereocenters. The average Bonchev–Trinajstić information content (AvgIpc) is 2.73. The molecule has 7 heteroatoms. The van der Waals surface area contributed by atoms with E-state index in [4.69, 9.17) is 0 Å². The van der Waals surface area contributed by atoms with Crippen molar-refractivity contribution in [3.63, 3.8) is 0 Å². The van der Waals surface area contributed by atoms with Crippen molar-refractivity contribution in [1.82, 2.24) is 19.8 Å². The third-order valence-corrected chi connectivity index (χ3v) is 4.00. The second kappa shape index (κ2) is 5.53. The van der Waals surface area contributed by atoms with E-state index in [0.717, 1.165) is 17.3 Å². The third-order valence-electron chi connectivity index (χ3n) is 2.83. The van der Waals surface area contributed by atoms with Gasteiger partial charge in [0, 0.05) is 11.3 Å². The van der Waals surface area contributed by atoms with E-state index in [1.807, 2.05) is 32.2 Å². The Labute approximate surface area is 110 Å². The number of aliphatic hydroxyl groups is 1. The van der Waals surface area contributed by atoms with Crippen molar-refractivity contribution >= 4 is 23.2 Å². The van der Waals surface area contributed by atoms with Gasteiger partial charge in [0.05, 0.1) is 6.61 Å². The summed E-state index contributed by atoms with van der Waals surface area (Å²) in [6.45, 7) is 4.03. The molecule has 2 heterocycles. The monoisotopic (exact) mass is 267 g/mol. The van der Waals surface area contributed by atoms with Crippen LogP contribution in [-0.4, -0.2) is 49.1 Å². The zero-order valence-corrected chi connectivity index (χ0v) is 11.5. The number of hydrogen-bond acceptors (Lipinski definition) is 6. The molecule has 0 unspecified atom stereocenters. The normalized spacial score (nSPS) is 14.7. The molecule has 0 radical (unpaired) electrons. The largest absolute Gasteiger partial charge is 0.395 e. The van der Waals surface area contributed by atoms with Gasteiger partial charge in [-0.25, -0.2) is 0 Å². The van der Waals surface area contributed by atoms with Gasteiger partial charge in [0.25, 0.3) is 0 Å².